The summed E-state index contributed by atoms with van der Waals surface area (Å²) in [5.74, 6) is -1.29. The number of amides is 2. The summed E-state index contributed by atoms with van der Waals surface area (Å²) in [7, 11) is 0. The molecular formula is C20H18F3N3O4S2. The van der Waals surface area contributed by atoms with E-state index in [0.717, 1.165) is 27.5 Å². The van der Waals surface area contributed by atoms with Crippen LogP contribution in [0.5, 0.6) is 11.5 Å². The predicted octanol–water partition coefficient (Wildman–Crippen LogP) is 3.80. The largest absolute Gasteiger partial charge is 0.573 e. The number of hydrogen-bond donors (Lipinski definition) is 2. The van der Waals surface area contributed by atoms with Gasteiger partial charge >= 0.3 is 6.36 Å². The number of benzene rings is 1. The van der Waals surface area contributed by atoms with Crippen LogP contribution in [0.3, 0.4) is 0 Å². The maximum Gasteiger partial charge on any atom is 0.573 e. The van der Waals surface area contributed by atoms with E-state index in [1.165, 1.54) is 23.5 Å². The number of rotatable bonds is 9. The zero-order chi connectivity index (χ0) is 23.3. The molecule has 12 heteroatoms. The van der Waals surface area contributed by atoms with Crippen LogP contribution in [0.4, 0.5) is 13.2 Å². The summed E-state index contributed by atoms with van der Waals surface area (Å²) in [6.07, 6.45) is -4.25. The maximum atomic E-state index is 12.2. The molecule has 0 aliphatic rings. The highest BCUT2D eigenvalue weighted by molar-refractivity contribution is 7.12. The summed E-state index contributed by atoms with van der Waals surface area (Å²) in [4.78, 5) is 29.9. The van der Waals surface area contributed by atoms with Gasteiger partial charge in [-0.3, -0.25) is 9.59 Å². The molecule has 2 heterocycles. The summed E-state index contributed by atoms with van der Waals surface area (Å²) >= 11 is 2.87. The van der Waals surface area contributed by atoms with Crippen molar-refractivity contribution in [3.8, 4) is 11.5 Å². The van der Waals surface area contributed by atoms with Crippen molar-refractivity contribution in [3.05, 3.63) is 61.7 Å². The topological polar surface area (TPSA) is 104 Å². The van der Waals surface area contributed by atoms with Gasteiger partial charge in [-0.25, -0.2) is 4.98 Å². The third kappa shape index (κ3) is 6.69. The van der Waals surface area contributed by atoms with Gasteiger partial charge in [0.2, 0.25) is 0 Å². The summed E-state index contributed by atoms with van der Waals surface area (Å²) in [5.41, 5.74) is 6.74. The minimum atomic E-state index is -4.78. The molecule has 0 aliphatic heterocycles. The van der Waals surface area contributed by atoms with Crippen LogP contribution in [-0.4, -0.2) is 29.8 Å². The number of carbonyl (C=O) groups is 2. The van der Waals surface area contributed by atoms with Gasteiger partial charge in [0.1, 0.15) is 22.2 Å². The highest BCUT2D eigenvalue weighted by Crippen LogP contribution is 2.27. The fourth-order valence-electron chi connectivity index (χ4n) is 2.63. The van der Waals surface area contributed by atoms with Gasteiger partial charge in [-0.2, -0.15) is 0 Å². The Morgan fingerprint density at radius 2 is 1.81 bits per heavy atom. The second-order valence-electron chi connectivity index (χ2n) is 6.53. The lowest BCUT2D eigenvalue weighted by Gasteiger charge is -2.10. The molecule has 3 N–H and O–H groups in total. The maximum absolute atomic E-state index is 12.2. The first-order chi connectivity index (χ1) is 15.1. The fourth-order valence-corrected chi connectivity index (χ4v) is 4.67. The summed E-state index contributed by atoms with van der Waals surface area (Å²) in [6, 6.07) is 6.67. The Labute approximate surface area is 189 Å². The molecule has 0 saturated heterocycles. The van der Waals surface area contributed by atoms with Crippen LogP contribution in [0.25, 0.3) is 0 Å². The number of primary amides is 1. The van der Waals surface area contributed by atoms with E-state index in [4.69, 9.17) is 10.5 Å². The van der Waals surface area contributed by atoms with Crippen LogP contribution in [0.1, 0.15) is 30.8 Å². The van der Waals surface area contributed by atoms with Crippen molar-refractivity contribution < 1.29 is 32.2 Å². The van der Waals surface area contributed by atoms with Gasteiger partial charge in [0.25, 0.3) is 11.8 Å². The van der Waals surface area contributed by atoms with Gasteiger partial charge in [0.15, 0.2) is 6.61 Å². The van der Waals surface area contributed by atoms with E-state index < -0.39 is 23.9 Å². The number of aryl methyl sites for hydroxylation is 1. The zero-order valence-electron chi connectivity index (χ0n) is 16.7. The smallest absolute Gasteiger partial charge is 0.484 e. The second-order valence-corrected chi connectivity index (χ2v) is 8.70. The van der Waals surface area contributed by atoms with E-state index in [0.29, 0.717) is 11.4 Å². The number of alkyl halides is 3. The normalized spacial score (nSPS) is 11.2. The van der Waals surface area contributed by atoms with Crippen LogP contribution < -0.4 is 20.5 Å². The molecule has 0 atom stereocenters. The number of nitrogens with zero attached hydrogens (tertiary/aromatic N) is 1. The Hall–Kier alpha value is -3.12. The first-order valence-electron chi connectivity index (χ1n) is 9.17. The highest BCUT2D eigenvalue weighted by atomic mass is 32.1. The SMILES string of the molecule is Cc1ccsc1Cc1sc(CNC(=O)COc2ccc(OC(F)(F)F)cc2)nc1C(N)=O. The Balaban J connectivity index is 1.53. The Kier molecular flexibility index (Phi) is 7.36. The van der Waals surface area contributed by atoms with Crippen LogP contribution in [0.15, 0.2) is 35.7 Å². The first kappa shape index (κ1) is 23.5. The van der Waals surface area contributed by atoms with Crippen LogP contribution in [0.2, 0.25) is 0 Å². The molecule has 0 aliphatic carbocycles. The summed E-state index contributed by atoms with van der Waals surface area (Å²) in [5, 5.41) is 5.11. The molecule has 0 saturated carbocycles. The molecule has 7 nitrogen and oxygen atoms in total. The van der Waals surface area contributed by atoms with Crippen LogP contribution >= 0.6 is 22.7 Å². The number of aromatic nitrogens is 1. The van der Waals surface area contributed by atoms with E-state index in [9.17, 15) is 22.8 Å². The van der Waals surface area contributed by atoms with Gasteiger partial charge in [0.05, 0.1) is 6.54 Å². The second kappa shape index (κ2) is 10.0. The van der Waals surface area contributed by atoms with Crippen molar-refractivity contribution in [1.82, 2.24) is 10.3 Å². The quantitative estimate of drug-likeness (QED) is 0.480. The molecular weight excluding hydrogens is 467 g/mol. The molecule has 2 amide bonds. The third-order valence-electron chi connectivity index (χ3n) is 4.13. The number of ether oxygens (including phenoxy) is 2. The van der Waals surface area contributed by atoms with Gasteiger partial charge in [-0.15, -0.1) is 35.8 Å². The number of halogens is 3. The molecule has 3 rings (SSSR count). The molecule has 1 aromatic carbocycles. The molecule has 0 radical (unpaired) electrons. The molecule has 0 fully saturated rings. The number of thiazole rings is 1. The van der Waals surface area contributed by atoms with Crippen molar-refractivity contribution >= 4 is 34.5 Å². The van der Waals surface area contributed by atoms with E-state index in [1.807, 2.05) is 18.4 Å². The lowest BCUT2D eigenvalue weighted by atomic mass is 10.2. The minimum absolute atomic E-state index is 0.0783. The van der Waals surface area contributed by atoms with Gasteiger partial charge in [-0.1, -0.05) is 0 Å². The average molecular weight is 486 g/mol. The third-order valence-corrected chi connectivity index (χ3v) is 6.21. The molecule has 3 aromatic rings. The number of hydrogen-bond acceptors (Lipinski definition) is 7. The lowest BCUT2D eigenvalue weighted by molar-refractivity contribution is -0.274. The zero-order valence-corrected chi connectivity index (χ0v) is 18.3. The van der Waals surface area contributed by atoms with Crippen LogP contribution in [-0.2, 0) is 17.8 Å². The summed E-state index contributed by atoms with van der Waals surface area (Å²) < 4.78 is 45.5. The van der Waals surface area contributed by atoms with Crippen molar-refractivity contribution in [1.29, 1.82) is 0 Å². The van der Waals surface area contributed by atoms with E-state index in [-0.39, 0.29) is 24.6 Å². The van der Waals surface area contributed by atoms with E-state index in [1.54, 1.807) is 11.3 Å². The van der Waals surface area contributed by atoms with Crippen molar-refractivity contribution in [2.75, 3.05) is 6.61 Å². The van der Waals surface area contributed by atoms with Gasteiger partial charge in [-0.05, 0) is 48.2 Å². The van der Waals surface area contributed by atoms with E-state index >= 15 is 0 Å². The Morgan fingerprint density at radius 3 is 2.41 bits per heavy atom. The fraction of sp³-hybridized carbons (Fsp3) is 0.250. The number of nitrogens with two attached hydrogens (primary N) is 1. The van der Waals surface area contributed by atoms with E-state index in [2.05, 4.69) is 15.0 Å². The summed E-state index contributed by atoms with van der Waals surface area (Å²) in [6.45, 7) is 1.71. The van der Waals surface area contributed by atoms with Gasteiger partial charge < -0.3 is 20.5 Å². The molecule has 0 unspecified atom stereocenters. The van der Waals surface area contributed by atoms with Crippen molar-refractivity contribution in [2.45, 2.75) is 26.3 Å². The standard InChI is InChI=1S/C20H18F3N3O4S2/c1-11-6-7-31-14(11)8-15-18(19(24)28)26-17(32-15)9-25-16(27)10-29-12-2-4-13(5-3-12)30-20(21,22)23/h2-7H,8-10H2,1H3,(H2,24,28)(H,25,27). The Bertz CT molecular complexity index is 1090. The van der Waals surface area contributed by atoms with Gasteiger partial charge in [0, 0.05) is 16.2 Å². The monoisotopic (exact) mass is 485 g/mol. The lowest BCUT2D eigenvalue weighted by Crippen LogP contribution is -2.28. The Morgan fingerprint density at radius 1 is 1.12 bits per heavy atom. The molecule has 2 aromatic heterocycles. The molecule has 32 heavy (non-hydrogen) atoms. The molecule has 0 spiro atoms. The average Bonchev–Trinajstić information content (AvgIpc) is 3.31. The van der Waals surface area contributed by atoms with Crippen molar-refractivity contribution in [3.63, 3.8) is 0 Å². The predicted molar refractivity (Wildman–Crippen MR) is 113 cm³/mol. The number of nitrogens with one attached hydrogen (secondary N) is 1. The minimum Gasteiger partial charge on any atom is -0.484 e. The first-order valence-corrected chi connectivity index (χ1v) is 10.9. The van der Waals surface area contributed by atoms with Crippen LogP contribution in [0, 0.1) is 6.92 Å². The van der Waals surface area contributed by atoms with Crippen molar-refractivity contribution in [2.24, 2.45) is 5.73 Å². The number of thiophene rings is 1. The number of carbonyl (C=O) groups excluding carboxylic acids is 2. The highest BCUT2D eigenvalue weighted by Gasteiger charge is 2.31. The molecule has 170 valence electrons. The molecule has 0 bridgehead atoms.